The average Bonchev–Trinajstić information content (AvgIpc) is 2.16. The smallest absolute Gasteiger partial charge is 0.319 e. The van der Waals surface area contributed by atoms with Crippen LogP contribution in [-0.4, -0.2) is 53.7 Å². The van der Waals surface area contributed by atoms with Gasteiger partial charge < -0.3 is 14.9 Å². The zero-order chi connectivity index (χ0) is 11.1. The van der Waals surface area contributed by atoms with Gasteiger partial charge in [-0.3, -0.25) is 0 Å². The highest BCUT2D eigenvalue weighted by atomic mass is 16.3. The van der Waals surface area contributed by atoms with E-state index in [2.05, 4.69) is 0 Å². The van der Waals surface area contributed by atoms with E-state index in [1.807, 2.05) is 20.8 Å². The first-order valence-corrected chi connectivity index (χ1v) is 5.17. The standard InChI is InChI=1S/C10H22N2O2/c1-5-11(4)10(14)12(9(2)3)7-6-8-13/h9,13H,5-8H2,1-4H3. The summed E-state index contributed by atoms with van der Waals surface area (Å²) in [4.78, 5) is 15.2. The third-order valence-electron chi connectivity index (χ3n) is 2.23. The molecule has 1 N–H and O–H groups in total. The molecule has 0 fully saturated rings. The van der Waals surface area contributed by atoms with Gasteiger partial charge in [0.2, 0.25) is 0 Å². The van der Waals surface area contributed by atoms with E-state index in [1.54, 1.807) is 16.8 Å². The summed E-state index contributed by atoms with van der Waals surface area (Å²) >= 11 is 0. The molecule has 0 aliphatic carbocycles. The van der Waals surface area contributed by atoms with Crippen LogP contribution in [0.5, 0.6) is 0 Å². The highest BCUT2D eigenvalue weighted by molar-refractivity contribution is 5.74. The number of aliphatic hydroxyl groups excluding tert-OH is 1. The normalized spacial score (nSPS) is 10.4. The van der Waals surface area contributed by atoms with Crippen LogP contribution in [0.25, 0.3) is 0 Å². The van der Waals surface area contributed by atoms with Crippen LogP contribution in [0.3, 0.4) is 0 Å². The molecule has 0 aliphatic rings. The van der Waals surface area contributed by atoms with Gasteiger partial charge in [0.05, 0.1) is 0 Å². The summed E-state index contributed by atoms with van der Waals surface area (Å²) < 4.78 is 0. The second-order valence-corrected chi connectivity index (χ2v) is 3.66. The average molecular weight is 202 g/mol. The minimum Gasteiger partial charge on any atom is -0.396 e. The van der Waals surface area contributed by atoms with Crippen molar-refractivity contribution in [2.45, 2.75) is 33.2 Å². The third-order valence-corrected chi connectivity index (χ3v) is 2.23. The summed E-state index contributed by atoms with van der Waals surface area (Å²) in [6, 6.07) is 0.221. The second kappa shape index (κ2) is 6.65. The molecule has 4 heteroatoms. The number of rotatable bonds is 5. The maximum Gasteiger partial charge on any atom is 0.319 e. The number of hydrogen-bond donors (Lipinski definition) is 1. The number of carbonyl (C=O) groups is 1. The van der Waals surface area contributed by atoms with Crippen molar-refractivity contribution < 1.29 is 9.90 Å². The molecule has 84 valence electrons. The van der Waals surface area contributed by atoms with Crippen LogP contribution in [0.2, 0.25) is 0 Å². The first-order chi connectivity index (χ1) is 6.54. The molecule has 0 bridgehead atoms. The molecule has 0 spiro atoms. The predicted molar refractivity (Wildman–Crippen MR) is 57.2 cm³/mol. The van der Waals surface area contributed by atoms with Gasteiger partial charge in [-0.2, -0.15) is 0 Å². The summed E-state index contributed by atoms with van der Waals surface area (Å²) in [6.45, 7) is 7.38. The molecule has 0 unspecified atom stereocenters. The maximum absolute atomic E-state index is 11.8. The molecule has 0 heterocycles. The number of nitrogens with zero attached hydrogens (tertiary/aromatic N) is 2. The lowest BCUT2D eigenvalue weighted by Gasteiger charge is -2.30. The van der Waals surface area contributed by atoms with E-state index < -0.39 is 0 Å². The van der Waals surface area contributed by atoms with E-state index in [4.69, 9.17) is 5.11 Å². The Hall–Kier alpha value is -0.770. The van der Waals surface area contributed by atoms with E-state index in [9.17, 15) is 4.79 Å². The molecule has 0 aliphatic heterocycles. The van der Waals surface area contributed by atoms with E-state index in [1.165, 1.54) is 0 Å². The molecule has 14 heavy (non-hydrogen) atoms. The van der Waals surface area contributed by atoms with Crippen molar-refractivity contribution in [3.05, 3.63) is 0 Å². The van der Waals surface area contributed by atoms with Gasteiger partial charge in [-0.05, 0) is 27.2 Å². The fourth-order valence-corrected chi connectivity index (χ4v) is 1.17. The number of carbonyl (C=O) groups excluding carboxylic acids is 1. The summed E-state index contributed by atoms with van der Waals surface area (Å²) in [7, 11) is 1.79. The van der Waals surface area contributed by atoms with Crippen molar-refractivity contribution in [2.75, 3.05) is 26.7 Å². The van der Waals surface area contributed by atoms with E-state index in [-0.39, 0.29) is 18.7 Å². The van der Waals surface area contributed by atoms with Crippen molar-refractivity contribution in [3.63, 3.8) is 0 Å². The van der Waals surface area contributed by atoms with Crippen LogP contribution in [0, 0.1) is 0 Å². The lowest BCUT2D eigenvalue weighted by atomic mass is 10.3. The van der Waals surface area contributed by atoms with Crippen LogP contribution in [0.1, 0.15) is 27.2 Å². The van der Waals surface area contributed by atoms with Crippen molar-refractivity contribution >= 4 is 6.03 Å². The molecule has 0 aromatic carbocycles. The lowest BCUT2D eigenvalue weighted by Crippen LogP contribution is -2.45. The van der Waals surface area contributed by atoms with Crippen LogP contribution in [0.15, 0.2) is 0 Å². The first kappa shape index (κ1) is 13.2. The molecule has 0 aromatic heterocycles. The van der Waals surface area contributed by atoms with Gasteiger partial charge >= 0.3 is 6.03 Å². The molecule has 4 nitrogen and oxygen atoms in total. The van der Waals surface area contributed by atoms with Crippen LogP contribution in [0.4, 0.5) is 4.79 Å². The third kappa shape index (κ3) is 3.96. The fourth-order valence-electron chi connectivity index (χ4n) is 1.17. The van der Waals surface area contributed by atoms with Crippen LogP contribution < -0.4 is 0 Å². The molecule has 0 saturated carbocycles. The summed E-state index contributed by atoms with van der Waals surface area (Å²) in [5.74, 6) is 0. The monoisotopic (exact) mass is 202 g/mol. The van der Waals surface area contributed by atoms with Crippen molar-refractivity contribution in [3.8, 4) is 0 Å². The Morgan fingerprint density at radius 3 is 2.36 bits per heavy atom. The van der Waals surface area contributed by atoms with Crippen molar-refractivity contribution in [1.82, 2.24) is 9.80 Å². The number of amides is 2. The van der Waals surface area contributed by atoms with E-state index >= 15 is 0 Å². The molecule has 0 saturated heterocycles. The Morgan fingerprint density at radius 2 is 2.00 bits per heavy atom. The number of aliphatic hydroxyl groups is 1. The van der Waals surface area contributed by atoms with Crippen molar-refractivity contribution in [1.29, 1.82) is 0 Å². The molecular formula is C10H22N2O2. The highest BCUT2D eigenvalue weighted by Crippen LogP contribution is 2.04. The number of hydrogen-bond acceptors (Lipinski definition) is 2. The Kier molecular flexibility index (Phi) is 6.28. The van der Waals surface area contributed by atoms with E-state index in [0.717, 1.165) is 0 Å². The minimum absolute atomic E-state index is 0.0379. The van der Waals surface area contributed by atoms with Gasteiger partial charge in [-0.25, -0.2) is 4.79 Å². The Balaban J connectivity index is 4.25. The number of urea groups is 1. The zero-order valence-electron chi connectivity index (χ0n) is 9.66. The van der Waals surface area contributed by atoms with Gasteiger partial charge in [0.15, 0.2) is 0 Å². The molecular weight excluding hydrogens is 180 g/mol. The summed E-state index contributed by atoms with van der Waals surface area (Å²) in [5.41, 5.74) is 0. The SMILES string of the molecule is CCN(C)C(=O)N(CCCO)C(C)C. The Morgan fingerprint density at radius 1 is 1.43 bits per heavy atom. The lowest BCUT2D eigenvalue weighted by molar-refractivity contribution is 0.145. The largest absolute Gasteiger partial charge is 0.396 e. The summed E-state index contributed by atoms with van der Waals surface area (Å²) in [5, 5.41) is 8.72. The Labute approximate surface area is 86.5 Å². The maximum atomic E-state index is 11.8. The van der Waals surface area contributed by atoms with Gasteiger partial charge in [0, 0.05) is 32.8 Å². The topological polar surface area (TPSA) is 43.8 Å². The van der Waals surface area contributed by atoms with Gasteiger partial charge in [0.1, 0.15) is 0 Å². The first-order valence-electron chi connectivity index (χ1n) is 5.17. The summed E-state index contributed by atoms with van der Waals surface area (Å²) in [6.07, 6.45) is 0.640. The van der Waals surface area contributed by atoms with Crippen molar-refractivity contribution in [2.24, 2.45) is 0 Å². The van der Waals surface area contributed by atoms with Crippen LogP contribution in [-0.2, 0) is 0 Å². The predicted octanol–water partition coefficient (Wildman–Crippen LogP) is 1.15. The van der Waals surface area contributed by atoms with Gasteiger partial charge in [-0.1, -0.05) is 0 Å². The molecule has 0 radical (unpaired) electrons. The van der Waals surface area contributed by atoms with Crippen LogP contribution >= 0.6 is 0 Å². The Bertz CT molecular complexity index is 172. The highest BCUT2D eigenvalue weighted by Gasteiger charge is 2.18. The molecule has 0 aromatic rings. The minimum atomic E-state index is 0.0379. The quantitative estimate of drug-likeness (QED) is 0.727. The zero-order valence-corrected chi connectivity index (χ0v) is 9.66. The van der Waals surface area contributed by atoms with Gasteiger partial charge in [0.25, 0.3) is 0 Å². The molecule has 2 amide bonds. The molecule has 0 rings (SSSR count). The van der Waals surface area contributed by atoms with Gasteiger partial charge in [-0.15, -0.1) is 0 Å². The fraction of sp³-hybridized carbons (Fsp3) is 0.900. The van der Waals surface area contributed by atoms with E-state index in [0.29, 0.717) is 19.5 Å². The molecule has 0 atom stereocenters. The second-order valence-electron chi connectivity index (χ2n) is 3.66.